The number of benzene rings is 2. The van der Waals surface area contributed by atoms with Crippen molar-refractivity contribution in [3.63, 3.8) is 0 Å². The Hall–Kier alpha value is -2.95. The maximum atomic E-state index is 12.1. The summed E-state index contributed by atoms with van der Waals surface area (Å²) in [4.78, 5) is 24.0. The molecule has 0 spiro atoms. The molecule has 0 unspecified atom stereocenters. The van der Waals surface area contributed by atoms with Crippen molar-refractivity contribution in [3.8, 4) is 0 Å². The number of hydrogen-bond donors (Lipinski definition) is 1. The van der Waals surface area contributed by atoms with Crippen LogP contribution in [0.4, 0.5) is 0 Å². The Labute approximate surface area is 146 Å². The molecule has 25 heavy (non-hydrogen) atoms. The van der Waals surface area contributed by atoms with Crippen LogP contribution in [0, 0.1) is 0 Å². The van der Waals surface area contributed by atoms with Gasteiger partial charge in [-0.3, -0.25) is 14.3 Å². The molecule has 1 N–H and O–H groups in total. The van der Waals surface area contributed by atoms with Crippen LogP contribution >= 0.6 is 0 Å². The molecule has 1 atom stereocenters. The lowest BCUT2D eigenvalue weighted by Crippen LogP contribution is -2.28. The van der Waals surface area contributed by atoms with E-state index in [-0.39, 0.29) is 17.3 Å². The lowest BCUT2D eigenvalue weighted by Gasteiger charge is -2.13. The van der Waals surface area contributed by atoms with Crippen molar-refractivity contribution in [2.24, 2.45) is 0 Å². The predicted octanol–water partition coefficient (Wildman–Crippen LogP) is 2.71. The lowest BCUT2D eigenvalue weighted by atomic mass is 10.0. The molecule has 0 aliphatic carbocycles. The highest BCUT2D eigenvalue weighted by Gasteiger charge is 2.09. The van der Waals surface area contributed by atoms with Crippen molar-refractivity contribution >= 4 is 16.8 Å². The first kappa shape index (κ1) is 16.9. The summed E-state index contributed by atoms with van der Waals surface area (Å²) in [6.07, 6.45) is 1.62. The minimum Gasteiger partial charge on any atom is -0.355 e. The summed E-state index contributed by atoms with van der Waals surface area (Å²) < 4.78 is 1.71. The number of rotatable bonds is 6. The summed E-state index contributed by atoms with van der Waals surface area (Å²) in [5.41, 5.74) is 1.85. The highest BCUT2D eigenvalue weighted by molar-refractivity contribution is 5.79. The van der Waals surface area contributed by atoms with E-state index in [1.807, 2.05) is 36.4 Å². The minimum atomic E-state index is -0.104. The smallest absolute Gasteiger partial charge is 0.221 e. The molecule has 128 valence electrons. The molecule has 0 bridgehead atoms. The highest BCUT2D eigenvalue weighted by atomic mass is 16.1. The molecule has 0 saturated carbocycles. The number of amides is 1. The number of carbonyl (C=O) groups is 1. The first-order valence-corrected chi connectivity index (χ1v) is 8.41. The van der Waals surface area contributed by atoms with E-state index in [0.717, 1.165) is 5.52 Å². The molecule has 5 heteroatoms. The van der Waals surface area contributed by atoms with Crippen LogP contribution in [0.15, 0.2) is 65.6 Å². The van der Waals surface area contributed by atoms with Crippen LogP contribution in [0.2, 0.25) is 0 Å². The minimum absolute atomic E-state index is 0.0210. The second kappa shape index (κ2) is 7.75. The standard InChI is InChI=1S/C20H21N3O2/c1-15(16-7-3-2-4-8-16)13-21-20(25)11-12-23-18-10-6-5-9-17(18)19(24)14-22-23/h2-10,14-15H,11-13H2,1H3,(H,21,25)/t15-/m0/s1. The molecule has 1 heterocycles. The van der Waals surface area contributed by atoms with Gasteiger partial charge >= 0.3 is 0 Å². The zero-order valence-corrected chi connectivity index (χ0v) is 14.2. The molecule has 3 rings (SSSR count). The van der Waals surface area contributed by atoms with Gasteiger partial charge in [0.05, 0.1) is 18.3 Å². The van der Waals surface area contributed by atoms with Crippen LogP contribution < -0.4 is 10.7 Å². The van der Waals surface area contributed by atoms with Crippen LogP contribution in [0.1, 0.15) is 24.8 Å². The van der Waals surface area contributed by atoms with E-state index in [1.54, 1.807) is 10.7 Å². The van der Waals surface area contributed by atoms with E-state index >= 15 is 0 Å². The van der Waals surface area contributed by atoms with Crippen LogP contribution in [0.25, 0.3) is 10.9 Å². The third-order valence-corrected chi connectivity index (χ3v) is 4.29. The van der Waals surface area contributed by atoms with Gasteiger partial charge in [0.15, 0.2) is 0 Å². The van der Waals surface area contributed by atoms with Gasteiger partial charge in [-0.05, 0) is 23.6 Å². The maximum absolute atomic E-state index is 12.1. The number of fused-ring (bicyclic) bond motifs is 1. The predicted molar refractivity (Wildman–Crippen MR) is 98.5 cm³/mol. The Bertz CT molecular complexity index is 919. The number of nitrogens with one attached hydrogen (secondary N) is 1. The summed E-state index contributed by atoms with van der Waals surface area (Å²) in [6.45, 7) is 3.12. The third-order valence-electron chi connectivity index (χ3n) is 4.29. The van der Waals surface area contributed by atoms with Crippen molar-refractivity contribution in [1.82, 2.24) is 15.1 Å². The number of hydrogen-bond acceptors (Lipinski definition) is 3. The maximum Gasteiger partial charge on any atom is 0.221 e. The van der Waals surface area contributed by atoms with Gasteiger partial charge in [0.25, 0.3) is 0 Å². The average molecular weight is 335 g/mol. The van der Waals surface area contributed by atoms with Gasteiger partial charge in [-0.1, -0.05) is 49.4 Å². The Morgan fingerprint density at radius 3 is 2.64 bits per heavy atom. The number of carbonyl (C=O) groups excluding carboxylic acids is 1. The molecule has 3 aromatic rings. The van der Waals surface area contributed by atoms with Gasteiger partial charge in [0.1, 0.15) is 0 Å². The number of aryl methyl sites for hydroxylation is 1. The molecule has 5 nitrogen and oxygen atoms in total. The fraction of sp³-hybridized carbons (Fsp3) is 0.250. The van der Waals surface area contributed by atoms with Gasteiger partial charge in [-0.2, -0.15) is 5.10 Å². The van der Waals surface area contributed by atoms with E-state index in [9.17, 15) is 9.59 Å². The average Bonchev–Trinajstić information content (AvgIpc) is 2.66. The summed E-state index contributed by atoms with van der Waals surface area (Å²) in [7, 11) is 0. The Balaban J connectivity index is 1.58. The molecule has 0 aliphatic heterocycles. The monoisotopic (exact) mass is 335 g/mol. The number of para-hydroxylation sites is 1. The van der Waals surface area contributed by atoms with E-state index in [1.165, 1.54) is 11.8 Å². The van der Waals surface area contributed by atoms with Crippen molar-refractivity contribution in [3.05, 3.63) is 76.6 Å². The zero-order valence-electron chi connectivity index (χ0n) is 14.2. The van der Waals surface area contributed by atoms with Gasteiger partial charge in [-0.15, -0.1) is 0 Å². The summed E-state index contributed by atoms with van der Waals surface area (Å²) in [6, 6.07) is 17.4. The lowest BCUT2D eigenvalue weighted by molar-refractivity contribution is -0.121. The van der Waals surface area contributed by atoms with E-state index in [0.29, 0.717) is 24.9 Å². The van der Waals surface area contributed by atoms with Crippen LogP contribution in [-0.2, 0) is 11.3 Å². The first-order valence-electron chi connectivity index (χ1n) is 8.41. The number of nitrogens with zero attached hydrogens (tertiary/aromatic N) is 2. The van der Waals surface area contributed by atoms with Crippen LogP contribution in [0.5, 0.6) is 0 Å². The number of aromatic nitrogens is 2. The second-order valence-corrected chi connectivity index (χ2v) is 6.11. The normalized spacial score (nSPS) is 12.0. The van der Waals surface area contributed by atoms with Crippen molar-refractivity contribution in [1.29, 1.82) is 0 Å². The highest BCUT2D eigenvalue weighted by Crippen LogP contribution is 2.13. The molecule has 1 amide bonds. The van der Waals surface area contributed by atoms with Crippen LogP contribution in [0.3, 0.4) is 0 Å². The molecule has 0 fully saturated rings. The fourth-order valence-electron chi connectivity index (χ4n) is 2.80. The van der Waals surface area contributed by atoms with Crippen LogP contribution in [-0.4, -0.2) is 22.2 Å². The quantitative estimate of drug-likeness (QED) is 0.753. The van der Waals surface area contributed by atoms with Crippen molar-refractivity contribution < 1.29 is 4.79 Å². The van der Waals surface area contributed by atoms with Gasteiger partial charge in [0, 0.05) is 18.4 Å². The van der Waals surface area contributed by atoms with Gasteiger partial charge < -0.3 is 5.32 Å². The van der Waals surface area contributed by atoms with Crippen molar-refractivity contribution in [2.75, 3.05) is 6.54 Å². The Morgan fingerprint density at radius 2 is 1.84 bits per heavy atom. The molecular formula is C20H21N3O2. The largest absolute Gasteiger partial charge is 0.355 e. The van der Waals surface area contributed by atoms with Gasteiger partial charge in [0.2, 0.25) is 11.3 Å². The molecule has 0 aliphatic rings. The molecule has 2 aromatic carbocycles. The SMILES string of the molecule is C[C@@H](CNC(=O)CCn1ncc(=O)c2ccccc21)c1ccccc1. The van der Waals surface area contributed by atoms with E-state index < -0.39 is 0 Å². The van der Waals surface area contributed by atoms with E-state index in [2.05, 4.69) is 29.5 Å². The van der Waals surface area contributed by atoms with Gasteiger partial charge in [-0.25, -0.2) is 0 Å². The summed E-state index contributed by atoms with van der Waals surface area (Å²) in [5, 5.41) is 7.74. The molecule has 1 aromatic heterocycles. The second-order valence-electron chi connectivity index (χ2n) is 6.11. The Kier molecular flexibility index (Phi) is 5.23. The molecule has 0 radical (unpaired) electrons. The Morgan fingerprint density at radius 1 is 1.12 bits per heavy atom. The first-order chi connectivity index (χ1) is 12.1. The zero-order chi connectivity index (χ0) is 17.6. The fourth-order valence-corrected chi connectivity index (χ4v) is 2.80. The topological polar surface area (TPSA) is 64.0 Å². The summed E-state index contributed by atoms with van der Waals surface area (Å²) in [5.74, 6) is 0.240. The molecular weight excluding hydrogens is 314 g/mol. The third kappa shape index (κ3) is 4.12. The summed E-state index contributed by atoms with van der Waals surface area (Å²) >= 11 is 0. The van der Waals surface area contributed by atoms with E-state index in [4.69, 9.17) is 0 Å². The molecule has 0 saturated heterocycles. The van der Waals surface area contributed by atoms with Crippen molar-refractivity contribution in [2.45, 2.75) is 25.8 Å².